The maximum atomic E-state index is 5.44. The molecule has 0 spiro atoms. The first-order valence-electron chi connectivity index (χ1n) is 6.01. The van der Waals surface area contributed by atoms with E-state index in [9.17, 15) is 0 Å². The largest absolute Gasteiger partial charge is 0.494 e. The second-order valence-electron chi connectivity index (χ2n) is 4.23. The third-order valence-electron chi connectivity index (χ3n) is 2.88. The van der Waals surface area contributed by atoms with Crippen molar-refractivity contribution in [3.05, 3.63) is 24.3 Å². The molecule has 88 valence electrons. The van der Waals surface area contributed by atoms with E-state index in [2.05, 4.69) is 29.3 Å². The van der Waals surface area contributed by atoms with Crippen molar-refractivity contribution < 1.29 is 4.74 Å². The van der Waals surface area contributed by atoms with Crippen LogP contribution in [0.15, 0.2) is 24.3 Å². The molecule has 16 heavy (non-hydrogen) atoms. The van der Waals surface area contributed by atoms with Crippen LogP contribution in [0.2, 0.25) is 0 Å². The van der Waals surface area contributed by atoms with Crippen LogP contribution in [0.5, 0.6) is 5.75 Å². The van der Waals surface area contributed by atoms with Gasteiger partial charge in [-0.2, -0.15) is 0 Å². The Bertz CT molecular complexity index is 323. The predicted molar refractivity (Wildman–Crippen MR) is 67.3 cm³/mol. The van der Waals surface area contributed by atoms with Crippen molar-refractivity contribution in [1.29, 1.82) is 0 Å². The summed E-state index contributed by atoms with van der Waals surface area (Å²) in [5.41, 5.74) is 1.29. The van der Waals surface area contributed by atoms with Crippen LogP contribution in [-0.2, 0) is 0 Å². The van der Waals surface area contributed by atoms with Gasteiger partial charge in [-0.3, -0.25) is 0 Å². The van der Waals surface area contributed by atoms with Crippen molar-refractivity contribution in [2.45, 2.75) is 19.9 Å². The van der Waals surface area contributed by atoms with Gasteiger partial charge in [-0.05, 0) is 38.1 Å². The van der Waals surface area contributed by atoms with Crippen LogP contribution in [-0.4, -0.2) is 32.3 Å². The predicted octanol–water partition coefficient (Wildman–Crippen LogP) is 1.88. The van der Waals surface area contributed by atoms with E-state index >= 15 is 0 Å². The molecule has 1 heterocycles. The summed E-state index contributed by atoms with van der Waals surface area (Å²) >= 11 is 0. The van der Waals surface area contributed by atoms with Crippen LogP contribution < -0.4 is 15.0 Å². The van der Waals surface area contributed by atoms with Gasteiger partial charge in [-0.25, -0.2) is 0 Å². The van der Waals surface area contributed by atoms with Crippen LogP contribution in [0.25, 0.3) is 0 Å². The molecule has 3 heteroatoms. The standard InChI is InChI=1S/C13H20N2O/c1-3-16-13-6-4-12(5-7-13)15-9-8-14-11(2)10-15/h4-7,11,14H,3,8-10H2,1-2H3. The minimum atomic E-state index is 0.570. The Morgan fingerprint density at radius 2 is 2.12 bits per heavy atom. The highest BCUT2D eigenvalue weighted by molar-refractivity contribution is 5.49. The fourth-order valence-electron chi connectivity index (χ4n) is 2.09. The fourth-order valence-corrected chi connectivity index (χ4v) is 2.09. The second-order valence-corrected chi connectivity index (χ2v) is 4.23. The number of hydrogen-bond donors (Lipinski definition) is 1. The molecule has 0 aromatic heterocycles. The van der Waals surface area contributed by atoms with Gasteiger partial charge in [0, 0.05) is 31.4 Å². The highest BCUT2D eigenvalue weighted by Crippen LogP contribution is 2.20. The zero-order valence-corrected chi connectivity index (χ0v) is 10.1. The zero-order valence-electron chi connectivity index (χ0n) is 10.1. The molecule has 0 saturated carbocycles. The molecule has 3 nitrogen and oxygen atoms in total. The van der Waals surface area contributed by atoms with Gasteiger partial charge in [-0.1, -0.05) is 0 Å². The summed E-state index contributed by atoms with van der Waals surface area (Å²) in [6.07, 6.45) is 0. The molecular formula is C13H20N2O. The average molecular weight is 220 g/mol. The Morgan fingerprint density at radius 3 is 2.75 bits per heavy atom. The summed E-state index contributed by atoms with van der Waals surface area (Å²) in [6.45, 7) is 8.18. The molecule has 0 radical (unpaired) electrons. The Labute approximate surface area is 97.4 Å². The van der Waals surface area contributed by atoms with Gasteiger partial charge in [0.05, 0.1) is 6.61 Å². The van der Waals surface area contributed by atoms with E-state index in [0.29, 0.717) is 6.04 Å². The molecule has 1 atom stereocenters. The molecule has 1 aliphatic rings. The lowest BCUT2D eigenvalue weighted by molar-refractivity contribution is 0.340. The lowest BCUT2D eigenvalue weighted by Gasteiger charge is -2.33. The van der Waals surface area contributed by atoms with Crippen LogP contribution in [0.3, 0.4) is 0 Å². The molecule has 1 aliphatic heterocycles. The molecule has 1 fully saturated rings. The molecule has 0 aliphatic carbocycles. The number of rotatable bonds is 3. The van der Waals surface area contributed by atoms with Crippen molar-refractivity contribution in [1.82, 2.24) is 5.32 Å². The summed E-state index contributed by atoms with van der Waals surface area (Å²) in [5.74, 6) is 0.953. The summed E-state index contributed by atoms with van der Waals surface area (Å²) in [5, 5.41) is 3.45. The Hall–Kier alpha value is -1.22. The summed E-state index contributed by atoms with van der Waals surface area (Å²) < 4.78 is 5.44. The van der Waals surface area contributed by atoms with Crippen LogP contribution >= 0.6 is 0 Å². The van der Waals surface area contributed by atoms with Gasteiger partial charge in [0.1, 0.15) is 5.75 Å². The van der Waals surface area contributed by atoms with Gasteiger partial charge in [-0.15, -0.1) is 0 Å². The highest BCUT2D eigenvalue weighted by Gasteiger charge is 2.15. The highest BCUT2D eigenvalue weighted by atomic mass is 16.5. The second kappa shape index (κ2) is 5.21. The number of nitrogens with one attached hydrogen (secondary N) is 1. The number of piperazine rings is 1. The van der Waals surface area contributed by atoms with E-state index in [4.69, 9.17) is 4.74 Å². The van der Waals surface area contributed by atoms with Crippen molar-refractivity contribution in [3.63, 3.8) is 0 Å². The van der Waals surface area contributed by atoms with E-state index in [0.717, 1.165) is 32.0 Å². The maximum absolute atomic E-state index is 5.44. The van der Waals surface area contributed by atoms with Gasteiger partial charge in [0.2, 0.25) is 0 Å². The van der Waals surface area contributed by atoms with Crippen molar-refractivity contribution in [2.75, 3.05) is 31.1 Å². The zero-order chi connectivity index (χ0) is 11.4. The summed E-state index contributed by atoms with van der Waals surface area (Å²) in [6, 6.07) is 8.95. The normalized spacial score (nSPS) is 20.9. The first kappa shape index (κ1) is 11.3. The minimum absolute atomic E-state index is 0.570. The van der Waals surface area contributed by atoms with Crippen LogP contribution in [0.4, 0.5) is 5.69 Å². The SMILES string of the molecule is CCOc1ccc(N2CCNC(C)C2)cc1. The molecule has 1 aromatic rings. The number of nitrogens with zero attached hydrogens (tertiary/aromatic N) is 1. The quantitative estimate of drug-likeness (QED) is 0.842. The van der Waals surface area contributed by atoms with Gasteiger partial charge in [0.25, 0.3) is 0 Å². The number of anilines is 1. The van der Waals surface area contributed by atoms with E-state index in [1.807, 2.05) is 19.1 Å². The van der Waals surface area contributed by atoms with Crippen molar-refractivity contribution in [2.24, 2.45) is 0 Å². The topological polar surface area (TPSA) is 24.5 Å². The average Bonchev–Trinajstić information content (AvgIpc) is 2.30. The fraction of sp³-hybridized carbons (Fsp3) is 0.538. The van der Waals surface area contributed by atoms with Crippen molar-refractivity contribution >= 4 is 5.69 Å². The monoisotopic (exact) mass is 220 g/mol. The molecule has 1 aromatic carbocycles. The Kier molecular flexibility index (Phi) is 3.67. The number of benzene rings is 1. The molecule has 0 bridgehead atoms. The van der Waals surface area contributed by atoms with E-state index in [1.54, 1.807) is 0 Å². The van der Waals surface area contributed by atoms with Crippen molar-refractivity contribution in [3.8, 4) is 5.75 Å². The summed E-state index contributed by atoms with van der Waals surface area (Å²) in [4.78, 5) is 2.41. The van der Waals surface area contributed by atoms with Crippen LogP contribution in [0.1, 0.15) is 13.8 Å². The number of hydrogen-bond acceptors (Lipinski definition) is 3. The lowest BCUT2D eigenvalue weighted by atomic mass is 10.2. The smallest absolute Gasteiger partial charge is 0.119 e. The van der Waals surface area contributed by atoms with Crippen LogP contribution in [0, 0.1) is 0 Å². The Balaban J connectivity index is 2.03. The molecule has 1 unspecified atom stereocenters. The van der Waals surface area contributed by atoms with E-state index < -0.39 is 0 Å². The maximum Gasteiger partial charge on any atom is 0.119 e. The third kappa shape index (κ3) is 2.67. The lowest BCUT2D eigenvalue weighted by Crippen LogP contribution is -2.49. The third-order valence-corrected chi connectivity index (χ3v) is 2.88. The molecule has 1 N–H and O–H groups in total. The Morgan fingerprint density at radius 1 is 1.38 bits per heavy atom. The number of ether oxygens (including phenoxy) is 1. The van der Waals surface area contributed by atoms with E-state index in [1.165, 1.54) is 5.69 Å². The first-order valence-corrected chi connectivity index (χ1v) is 6.01. The van der Waals surface area contributed by atoms with Gasteiger partial charge >= 0.3 is 0 Å². The van der Waals surface area contributed by atoms with E-state index in [-0.39, 0.29) is 0 Å². The molecular weight excluding hydrogens is 200 g/mol. The molecule has 1 saturated heterocycles. The van der Waals surface area contributed by atoms with Gasteiger partial charge in [0.15, 0.2) is 0 Å². The summed E-state index contributed by atoms with van der Waals surface area (Å²) in [7, 11) is 0. The minimum Gasteiger partial charge on any atom is -0.494 e. The molecule has 2 rings (SSSR count). The first-order chi connectivity index (χ1) is 7.79. The molecule has 0 amide bonds. The van der Waals surface area contributed by atoms with Gasteiger partial charge < -0.3 is 15.0 Å².